The second-order valence-corrected chi connectivity index (χ2v) is 14.8. The molecule has 53 heavy (non-hydrogen) atoms. The molecule has 2 saturated carbocycles. The first-order chi connectivity index (χ1) is 25.7. The number of aliphatic hydroxyl groups excluding tert-OH is 1. The maximum atomic E-state index is 14.3. The van der Waals surface area contributed by atoms with E-state index in [1.807, 2.05) is 37.4 Å². The predicted molar refractivity (Wildman–Crippen MR) is 204 cm³/mol. The van der Waals surface area contributed by atoms with Crippen LogP contribution in [0, 0.1) is 47.2 Å². The number of nitrogens with one attached hydrogen (secondary N) is 3. The lowest BCUT2D eigenvalue weighted by atomic mass is 9.69. The zero-order valence-electron chi connectivity index (χ0n) is 31.2. The molecule has 282 valence electrons. The number of carbonyl (C=O) groups excluding carboxylic acids is 1. The van der Waals surface area contributed by atoms with Crippen LogP contribution in [0.4, 0.5) is 5.69 Å². The highest BCUT2D eigenvalue weighted by atomic mass is 16.6. The molecule has 0 amide bonds. The summed E-state index contributed by atoms with van der Waals surface area (Å²) < 4.78 is 23.8. The fourth-order valence-corrected chi connectivity index (χ4v) is 8.84. The van der Waals surface area contributed by atoms with Gasteiger partial charge in [0.05, 0.1) is 12.8 Å². The number of methoxy groups -OCH3 is 2. The molecule has 6 rings (SSSR count). The Morgan fingerprint density at radius 3 is 2.83 bits per heavy atom. The molecule has 4 aliphatic rings. The molecular weight excluding hydrogens is 672 g/mol. The van der Waals surface area contributed by atoms with E-state index in [0.29, 0.717) is 74.0 Å². The van der Waals surface area contributed by atoms with Crippen LogP contribution in [0.25, 0.3) is 0 Å². The molecule has 0 unspecified atom stereocenters. The largest absolute Gasteiger partial charge is 0.504 e. The number of aryl methyl sites for hydroxylation is 1. The molecule has 4 bridgehead atoms. The van der Waals surface area contributed by atoms with Gasteiger partial charge in [-0.05, 0) is 111 Å². The van der Waals surface area contributed by atoms with Crippen LogP contribution in [0.2, 0.25) is 0 Å². The molecule has 2 aliphatic heterocycles. The highest BCUT2D eigenvalue weighted by Gasteiger charge is 2.48. The first-order valence-corrected chi connectivity index (χ1v) is 18.6. The van der Waals surface area contributed by atoms with Crippen molar-refractivity contribution >= 4 is 17.4 Å². The lowest BCUT2D eigenvalue weighted by Crippen LogP contribution is -2.43. The van der Waals surface area contributed by atoms with E-state index in [4.69, 9.17) is 18.9 Å². The third-order valence-electron chi connectivity index (χ3n) is 11.4. The second kappa shape index (κ2) is 17.0. The zero-order chi connectivity index (χ0) is 37.4. The summed E-state index contributed by atoms with van der Waals surface area (Å²) in [5.74, 6) is 8.95. The SMILES string of the molecule is CN=C1NC#CC[C@@H]2CCC[C@]2(Cc2ccc(O)c(OC)c2)C(=O)/C=C/CCc2cc(c3c(c2)O[C@]2(CNC)C[C@H](CC#CO3)[C@@H](C[C@H](O)OC)C2)N1. The Labute approximate surface area is 312 Å². The van der Waals surface area contributed by atoms with Crippen LogP contribution in [0.5, 0.6) is 23.0 Å². The fourth-order valence-electron chi connectivity index (χ4n) is 8.84. The van der Waals surface area contributed by atoms with E-state index in [9.17, 15) is 15.0 Å². The van der Waals surface area contributed by atoms with E-state index in [-0.39, 0.29) is 29.3 Å². The van der Waals surface area contributed by atoms with Crippen molar-refractivity contribution in [2.75, 3.05) is 40.2 Å². The molecule has 0 spiro atoms. The minimum Gasteiger partial charge on any atom is -0.504 e. The molecule has 2 heterocycles. The summed E-state index contributed by atoms with van der Waals surface area (Å²) >= 11 is 0. The van der Waals surface area contributed by atoms with Crippen LogP contribution < -0.4 is 30.2 Å². The Bertz CT molecular complexity index is 1840. The number of guanidine groups is 1. The Morgan fingerprint density at radius 2 is 2.04 bits per heavy atom. The third-order valence-corrected chi connectivity index (χ3v) is 11.4. The average molecular weight is 725 g/mol. The zero-order valence-corrected chi connectivity index (χ0v) is 31.2. The van der Waals surface area contributed by atoms with Gasteiger partial charge >= 0.3 is 0 Å². The van der Waals surface area contributed by atoms with Crippen molar-refractivity contribution in [2.24, 2.45) is 28.2 Å². The highest BCUT2D eigenvalue weighted by molar-refractivity contribution is 5.97. The van der Waals surface area contributed by atoms with E-state index in [0.717, 1.165) is 43.2 Å². The molecule has 0 aromatic heterocycles. The summed E-state index contributed by atoms with van der Waals surface area (Å²) in [5.41, 5.74) is 1.37. The molecular formula is C42H52N4O7. The van der Waals surface area contributed by atoms with Crippen molar-refractivity contribution in [1.82, 2.24) is 10.6 Å². The summed E-state index contributed by atoms with van der Waals surface area (Å²) in [6, 6.07) is 12.4. The number of benzene rings is 2. The van der Waals surface area contributed by atoms with Gasteiger partial charge in [0.2, 0.25) is 11.7 Å². The van der Waals surface area contributed by atoms with Gasteiger partial charge in [0, 0.05) is 51.4 Å². The number of fused-ring (bicyclic) bond motifs is 7. The molecule has 11 heteroatoms. The molecule has 0 radical (unpaired) electrons. The average Bonchev–Trinajstić information content (AvgIpc) is 3.70. The number of ether oxygens (including phenoxy) is 4. The van der Waals surface area contributed by atoms with Gasteiger partial charge in [-0.3, -0.25) is 15.1 Å². The quantitative estimate of drug-likeness (QED) is 0.180. The Hall–Kier alpha value is -4.68. The fraction of sp³-hybridized carbons (Fsp3) is 0.524. The van der Waals surface area contributed by atoms with Crippen LogP contribution >= 0.6 is 0 Å². The number of aliphatic hydroxyl groups is 1. The number of carbonyl (C=O) groups is 1. The van der Waals surface area contributed by atoms with Gasteiger partial charge in [-0.15, -0.1) is 0 Å². The molecule has 5 N–H and O–H groups in total. The number of nitrogens with zero attached hydrogens (tertiary/aromatic N) is 1. The Kier molecular flexibility index (Phi) is 12.2. The summed E-state index contributed by atoms with van der Waals surface area (Å²) in [7, 11) is 6.65. The number of phenolic OH excluding ortho intramolecular Hbond substituents is 1. The maximum Gasteiger partial charge on any atom is 0.207 e. The lowest BCUT2D eigenvalue weighted by molar-refractivity contribution is -0.125. The van der Waals surface area contributed by atoms with E-state index >= 15 is 0 Å². The number of anilines is 1. The Morgan fingerprint density at radius 1 is 1.17 bits per heavy atom. The number of hydrogen-bond acceptors (Lipinski definition) is 9. The molecule has 2 fully saturated rings. The van der Waals surface area contributed by atoms with Gasteiger partial charge in [0.15, 0.2) is 29.3 Å². The maximum absolute atomic E-state index is 14.3. The predicted octanol–water partition coefficient (Wildman–Crippen LogP) is 5.30. The minimum atomic E-state index is -0.856. The van der Waals surface area contributed by atoms with E-state index in [1.165, 1.54) is 14.2 Å². The first-order valence-electron chi connectivity index (χ1n) is 18.6. The molecule has 2 aliphatic carbocycles. The lowest BCUT2D eigenvalue weighted by Gasteiger charge is -2.33. The van der Waals surface area contributed by atoms with Gasteiger partial charge < -0.3 is 39.8 Å². The third kappa shape index (κ3) is 8.60. The molecule has 11 nitrogen and oxygen atoms in total. The van der Waals surface area contributed by atoms with E-state index in [2.05, 4.69) is 44.9 Å². The van der Waals surface area contributed by atoms with Crippen molar-refractivity contribution in [3.05, 3.63) is 53.6 Å². The van der Waals surface area contributed by atoms with Crippen LogP contribution in [0.15, 0.2) is 47.5 Å². The summed E-state index contributed by atoms with van der Waals surface area (Å²) in [6.07, 6.45) is 13.3. The highest BCUT2D eigenvalue weighted by Crippen LogP contribution is 2.50. The van der Waals surface area contributed by atoms with Gasteiger partial charge in [0.25, 0.3) is 0 Å². The van der Waals surface area contributed by atoms with Crippen LogP contribution in [0.1, 0.15) is 68.9 Å². The number of phenols is 1. The van der Waals surface area contributed by atoms with E-state index < -0.39 is 17.3 Å². The summed E-state index contributed by atoms with van der Waals surface area (Å²) in [4.78, 5) is 18.7. The van der Waals surface area contributed by atoms with Crippen molar-refractivity contribution < 1.29 is 34.0 Å². The van der Waals surface area contributed by atoms with Crippen LogP contribution in [-0.4, -0.2) is 68.7 Å². The Balaban J connectivity index is 1.34. The van der Waals surface area contributed by atoms with Crippen molar-refractivity contribution in [2.45, 2.75) is 82.5 Å². The second-order valence-electron chi connectivity index (χ2n) is 14.8. The number of aromatic hydroxyl groups is 1. The van der Waals surface area contributed by atoms with Gasteiger partial charge in [-0.1, -0.05) is 30.4 Å². The smallest absolute Gasteiger partial charge is 0.207 e. The van der Waals surface area contributed by atoms with Crippen molar-refractivity contribution in [3.8, 4) is 47.0 Å². The van der Waals surface area contributed by atoms with Crippen LogP contribution in [-0.2, 0) is 22.4 Å². The van der Waals surface area contributed by atoms with Gasteiger partial charge in [-0.25, -0.2) is 0 Å². The number of hydrogen-bond donors (Lipinski definition) is 5. The number of allylic oxidation sites excluding steroid dienone is 2. The summed E-state index contributed by atoms with van der Waals surface area (Å²) in [5, 5.41) is 30.5. The first kappa shape index (κ1) is 38.1. The molecule has 0 saturated heterocycles. The number of ketones is 1. The number of rotatable bonds is 8. The number of likely N-dealkylation sites (N-methyl/N-ethyl adjacent to an activating group) is 1. The monoisotopic (exact) mass is 724 g/mol. The van der Waals surface area contributed by atoms with Crippen molar-refractivity contribution in [3.63, 3.8) is 0 Å². The molecule has 2 aromatic carbocycles. The minimum absolute atomic E-state index is 0.0543. The molecule has 6 atom stereocenters. The topological polar surface area (TPSA) is 143 Å². The van der Waals surface area contributed by atoms with Gasteiger partial charge in [0.1, 0.15) is 11.7 Å². The normalized spacial score (nSPS) is 28.6. The van der Waals surface area contributed by atoms with Crippen LogP contribution in [0.3, 0.4) is 0 Å². The summed E-state index contributed by atoms with van der Waals surface area (Å²) in [6.45, 7) is 0.603. The standard InChI is InChI=1S/C42H52N4O7/c1-43-27-41-25-30(31(26-41)23-38(49)51-4)11-9-19-52-39-33-20-28(21-36(39)53-41)10-5-6-14-37(48)42(24-29-15-16-34(47)35(22-29)50-3)17-7-12-32(42)13-8-18-45-40(44-2)46-33/h6,14-16,20-22,30-32,38,43,47,49H,5,7,10-13,17,23-27H2,1-4H3,(H2,44,45,46)/b14-6+/t30-,31-,32-,38+,41+,42+/m0/s1. The molecule has 2 aromatic rings. The van der Waals surface area contributed by atoms with Crippen molar-refractivity contribution in [1.29, 1.82) is 0 Å². The van der Waals surface area contributed by atoms with E-state index in [1.54, 1.807) is 19.2 Å². The van der Waals surface area contributed by atoms with Gasteiger partial charge in [-0.2, -0.15) is 0 Å². The number of aliphatic imine (C=N–C) groups is 1.